The molecule has 0 saturated heterocycles. The molecule has 1 fully saturated rings. The van der Waals surface area contributed by atoms with Crippen molar-refractivity contribution in [2.45, 2.75) is 39.2 Å². The quantitative estimate of drug-likeness (QED) is 0.785. The summed E-state index contributed by atoms with van der Waals surface area (Å²) in [5.41, 5.74) is 0.885. The topological polar surface area (TPSA) is 20.3 Å². The van der Waals surface area contributed by atoms with E-state index in [-0.39, 0.29) is 11.7 Å². The number of rotatable bonds is 5. The zero-order chi connectivity index (χ0) is 13.1. The van der Waals surface area contributed by atoms with Crippen molar-refractivity contribution in [1.82, 2.24) is 4.90 Å². The first-order valence-corrected chi connectivity index (χ1v) is 6.60. The van der Waals surface area contributed by atoms with E-state index in [0.29, 0.717) is 18.4 Å². The number of halogens is 1. The number of hydrogen-bond acceptors (Lipinski definition) is 1. The van der Waals surface area contributed by atoms with Crippen LogP contribution in [-0.2, 0) is 11.2 Å². The van der Waals surface area contributed by atoms with Crippen molar-refractivity contribution in [2.75, 3.05) is 6.54 Å². The molecule has 2 nitrogen and oxygen atoms in total. The summed E-state index contributed by atoms with van der Waals surface area (Å²) in [6, 6.07) is 6.64. The standard InChI is InChI=1S/C15H20FNO/c1-11(2)10-17(14-7-8-14)15(18)9-12-3-5-13(16)6-4-12/h3-6,11,14H,7-10H2,1-2H3. The van der Waals surface area contributed by atoms with Crippen molar-refractivity contribution < 1.29 is 9.18 Å². The second-order valence-corrected chi connectivity index (χ2v) is 5.47. The molecule has 0 N–H and O–H groups in total. The highest BCUT2D eigenvalue weighted by atomic mass is 19.1. The van der Waals surface area contributed by atoms with E-state index in [4.69, 9.17) is 0 Å². The highest BCUT2D eigenvalue weighted by Gasteiger charge is 2.32. The van der Waals surface area contributed by atoms with Crippen LogP contribution in [0.4, 0.5) is 4.39 Å². The lowest BCUT2D eigenvalue weighted by atomic mass is 10.1. The predicted octanol–water partition coefficient (Wildman–Crippen LogP) is 3.02. The van der Waals surface area contributed by atoms with E-state index in [9.17, 15) is 9.18 Å². The molecule has 18 heavy (non-hydrogen) atoms. The maximum atomic E-state index is 12.8. The van der Waals surface area contributed by atoms with Crippen molar-refractivity contribution in [1.29, 1.82) is 0 Å². The van der Waals surface area contributed by atoms with Crippen LogP contribution in [0.25, 0.3) is 0 Å². The highest BCUT2D eigenvalue weighted by Crippen LogP contribution is 2.28. The van der Waals surface area contributed by atoms with Crippen LogP contribution in [-0.4, -0.2) is 23.4 Å². The lowest BCUT2D eigenvalue weighted by Gasteiger charge is -2.24. The summed E-state index contributed by atoms with van der Waals surface area (Å²) in [5.74, 6) is 0.396. The smallest absolute Gasteiger partial charge is 0.227 e. The molecule has 3 heteroatoms. The molecule has 0 unspecified atom stereocenters. The summed E-state index contributed by atoms with van der Waals surface area (Å²) in [7, 11) is 0. The molecular formula is C15H20FNO. The molecule has 1 aromatic rings. The van der Waals surface area contributed by atoms with E-state index in [1.165, 1.54) is 12.1 Å². The van der Waals surface area contributed by atoms with Gasteiger partial charge < -0.3 is 4.90 Å². The Hall–Kier alpha value is -1.38. The van der Waals surface area contributed by atoms with Crippen LogP contribution >= 0.6 is 0 Å². The third kappa shape index (κ3) is 3.56. The van der Waals surface area contributed by atoms with Gasteiger partial charge in [-0.25, -0.2) is 4.39 Å². The van der Waals surface area contributed by atoms with Crippen LogP contribution in [0.15, 0.2) is 24.3 Å². The van der Waals surface area contributed by atoms with Crippen molar-refractivity contribution >= 4 is 5.91 Å². The van der Waals surface area contributed by atoms with E-state index in [0.717, 1.165) is 24.9 Å². The Labute approximate surface area is 108 Å². The van der Waals surface area contributed by atoms with Crippen LogP contribution in [0.2, 0.25) is 0 Å². The van der Waals surface area contributed by atoms with Crippen molar-refractivity contribution in [3.8, 4) is 0 Å². The molecule has 0 bridgehead atoms. The van der Waals surface area contributed by atoms with E-state index >= 15 is 0 Å². The SMILES string of the molecule is CC(C)CN(C(=O)Cc1ccc(F)cc1)C1CC1. The maximum Gasteiger partial charge on any atom is 0.227 e. The minimum absolute atomic E-state index is 0.165. The van der Waals surface area contributed by atoms with E-state index in [1.54, 1.807) is 12.1 Å². The first-order chi connectivity index (χ1) is 8.56. The molecule has 0 radical (unpaired) electrons. The minimum atomic E-state index is -0.257. The van der Waals surface area contributed by atoms with Gasteiger partial charge in [-0.2, -0.15) is 0 Å². The summed E-state index contributed by atoms with van der Waals surface area (Å²) in [6.45, 7) is 5.08. The lowest BCUT2D eigenvalue weighted by molar-refractivity contribution is -0.131. The summed E-state index contributed by atoms with van der Waals surface area (Å²) < 4.78 is 12.8. The van der Waals surface area contributed by atoms with Crippen LogP contribution in [0.3, 0.4) is 0 Å². The molecule has 0 heterocycles. The Balaban J connectivity index is 1.98. The predicted molar refractivity (Wildman–Crippen MR) is 69.7 cm³/mol. The molecule has 0 atom stereocenters. The summed E-state index contributed by atoms with van der Waals surface area (Å²) in [5, 5.41) is 0. The number of carbonyl (C=O) groups is 1. The van der Waals surface area contributed by atoms with E-state index in [1.807, 2.05) is 4.90 Å². The zero-order valence-corrected chi connectivity index (χ0v) is 11.0. The van der Waals surface area contributed by atoms with Crippen LogP contribution in [0.5, 0.6) is 0 Å². The largest absolute Gasteiger partial charge is 0.339 e. The average molecular weight is 249 g/mol. The van der Waals surface area contributed by atoms with Gasteiger partial charge in [-0.15, -0.1) is 0 Å². The van der Waals surface area contributed by atoms with Crippen LogP contribution in [0, 0.1) is 11.7 Å². The molecule has 0 spiro atoms. The van der Waals surface area contributed by atoms with Gasteiger partial charge in [-0.05, 0) is 36.5 Å². The Morgan fingerprint density at radius 3 is 2.44 bits per heavy atom. The molecule has 0 aromatic heterocycles. The Kier molecular flexibility index (Phi) is 4.00. The number of benzene rings is 1. The monoisotopic (exact) mass is 249 g/mol. The molecule has 1 aliphatic carbocycles. The Bertz CT molecular complexity index is 409. The van der Waals surface area contributed by atoms with Gasteiger partial charge in [-0.3, -0.25) is 4.79 Å². The second-order valence-electron chi connectivity index (χ2n) is 5.47. The molecule has 0 aliphatic heterocycles. The zero-order valence-electron chi connectivity index (χ0n) is 11.0. The number of nitrogens with zero attached hydrogens (tertiary/aromatic N) is 1. The van der Waals surface area contributed by atoms with E-state index in [2.05, 4.69) is 13.8 Å². The number of carbonyl (C=O) groups excluding carboxylic acids is 1. The van der Waals surface area contributed by atoms with Gasteiger partial charge in [0.1, 0.15) is 5.82 Å². The first kappa shape index (κ1) is 13.1. The molecule has 2 rings (SSSR count). The molecule has 1 aromatic carbocycles. The maximum absolute atomic E-state index is 12.8. The third-order valence-corrected chi connectivity index (χ3v) is 3.14. The van der Waals surface area contributed by atoms with Crippen molar-refractivity contribution in [2.24, 2.45) is 5.92 Å². The Morgan fingerprint density at radius 1 is 1.33 bits per heavy atom. The van der Waals surface area contributed by atoms with Gasteiger partial charge >= 0.3 is 0 Å². The van der Waals surface area contributed by atoms with Gasteiger partial charge in [0.15, 0.2) is 0 Å². The fourth-order valence-electron chi connectivity index (χ4n) is 2.11. The van der Waals surface area contributed by atoms with Crippen LogP contribution < -0.4 is 0 Å². The molecule has 1 amide bonds. The minimum Gasteiger partial charge on any atom is -0.339 e. The van der Waals surface area contributed by atoms with Gasteiger partial charge in [0.25, 0.3) is 0 Å². The molecule has 1 aliphatic rings. The third-order valence-electron chi connectivity index (χ3n) is 3.14. The summed E-state index contributed by atoms with van der Waals surface area (Å²) in [6.07, 6.45) is 2.63. The Morgan fingerprint density at radius 2 is 1.94 bits per heavy atom. The molecule has 1 saturated carbocycles. The second kappa shape index (κ2) is 5.51. The number of amides is 1. The first-order valence-electron chi connectivity index (χ1n) is 6.60. The average Bonchev–Trinajstić information content (AvgIpc) is 3.12. The fraction of sp³-hybridized carbons (Fsp3) is 0.533. The molecular weight excluding hydrogens is 229 g/mol. The van der Waals surface area contributed by atoms with Gasteiger partial charge in [0.05, 0.1) is 6.42 Å². The summed E-state index contributed by atoms with van der Waals surface area (Å²) >= 11 is 0. The van der Waals surface area contributed by atoms with Gasteiger partial charge in [-0.1, -0.05) is 26.0 Å². The van der Waals surface area contributed by atoms with Gasteiger partial charge in [0, 0.05) is 12.6 Å². The normalized spacial score (nSPS) is 14.9. The lowest BCUT2D eigenvalue weighted by Crippen LogP contribution is -2.37. The van der Waals surface area contributed by atoms with E-state index < -0.39 is 0 Å². The molecule has 98 valence electrons. The fourth-order valence-corrected chi connectivity index (χ4v) is 2.11. The van der Waals surface area contributed by atoms with Crippen molar-refractivity contribution in [3.63, 3.8) is 0 Å². The number of hydrogen-bond donors (Lipinski definition) is 0. The van der Waals surface area contributed by atoms with Crippen molar-refractivity contribution in [3.05, 3.63) is 35.6 Å². The van der Waals surface area contributed by atoms with Gasteiger partial charge in [0.2, 0.25) is 5.91 Å². The summed E-state index contributed by atoms with van der Waals surface area (Å²) in [4.78, 5) is 14.2. The van der Waals surface area contributed by atoms with Crippen LogP contribution in [0.1, 0.15) is 32.3 Å². The highest BCUT2D eigenvalue weighted by molar-refractivity contribution is 5.79.